The molecule has 0 atom stereocenters. The number of carboxylic acids is 1. The first-order chi connectivity index (χ1) is 8.77. The summed E-state index contributed by atoms with van der Waals surface area (Å²) in [5.41, 5.74) is 2.69. The minimum Gasteiger partial charge on any atom is -0.478 e. The van der Waals surface area contributed by atoms with Gasteiger partial charge in [-0.1, -0.05) is 17.3 Å². The first kappa shape index (κ1) is 10.9. The fourth-order valence-corrected chi connectivity index (χ4v) is 2.17. The molecule has 3 rings (SSSR count). The van der Waals surface area contributed by atoms with E-state index in [0.29, 0.717) is 12.2 Å². The molecule has 1 aromatic heterocycles. The third kappa shape index (κ3) is 1.67. The van der Waals surface area contributed by atoms with Gasteiger partial charge in [0.15, 0.2) is 0 Å². The molecule has 0 radical (unpaired) electrons. The third-order valence-corrected chi connectivity index (χ3v) is 3.04. The van der Waals surface area contributed by atoms with E-state index in [0.717, 1.165) is 24.4 Å². The second-order valence-corrected chi connectivity index (χ2v) is 4.14. The molecule has 2 heterocycles. The molecule has 0 unspecified atom stereocenters. The van der Waals surface area contributed by atoms with Gasteiger partial charge in [0.25, 0.3) is 0 Å². The maximum Gasteiger partial charge on any atom is 0.337 e. The van der Waals surface area contributed by atoms with E-state index < -0.39 is 5.97 Å². The average Bonchev–Trinajstić information content (AvgIpc) is 2.82. The highest BCUT2D eigenvalue weighted by molar-refractivity contribution is 5.91. The molecule has 2 N–H and O–H groups in total. The summed E-state index contributed by atoms with van der Waals surface area (Å²) >= 11 is 0. The van der Waals surface area contributed by atoms with Crippen LogP contribution in [0.5, 0.6) is 0 Å². The van der Waals surface area contributed by atoms with E-state index >= 15 is 0 Å². The molecular weight excluding hydrogens is 232 g/mol. The molecule has 0 aliphatic carbocycles. The lowest BCUT2D eigenvalue weighted by molar-refractivity contribution is 0.0696. The predicted octanol–water partition coefficient (Wildman–Crippen LogP) is 0.611. The minimum atomic E-state index is -0.955. The number of rotatable bonds is 2. The quantitative estimate of drug-likeness (QED) is 0.809. The first-order valence-electron chi connectivity index (χ1n) is 5.74. The van der Waals surface area contributed by atoms with Crippen LogP contribution in [0.2, 0.25) is 0 Å². The van der Waals surface area contributed by atoms with Crippen LogP contribution in [0.15, 0.2) is 24.3 Å². The zero-order valence-electron chi connectivity index (χ0n) is 9.63. The number of hydrogen-bond donors (Lipinski definition) is 2. The average molecular weight is 244 g/mol. The molecule has 0 fully saturated rings. The molecule has 1 aliphatic rings. The Morgan fingerprint density at radius 1 is 1.39 bits per heavy atom. The van der Waals surface area contributed by atoms with Gasteiger partial charge in [-0.15, -0.1) is 5.10 Å². The van der Waals surface area contributed by atoms with Crippen molar-refractivity contribution in [3.05, 3.63) is 41.2 Å². The monoisotopic (exact) mass is 244 g/mol. The van der Waals surface area contributed by atoms with Gasteiger partial charge in [-0.05, 0) is 12.1 Å². The fourth-order valence-electron chi connectivity index (χ4n) is 2.17. The van der Waals surface area contributed by atoms with E-state index in [-0.39, 0.29) is 5.56 Å². The Bertz CT molecular complexity index is 606. The summed E-state index contributed by atoms with van der Waals surface area (Å²) in [7, 11) is 0. The van der Waals surface area contributed by atoms with Gasteiger partial charge >= 0.3 is 5.97 Å². The van der Waals surface area contributed by atoms with Crippen molar-refractivity contribution >= 4 is 5.97 Å². The van der Waals surface area contributed by atoms with Crippen molar-refractivity contribution in [2.75, 3.05) is 6.54 Å². The highest BCUT2D eigenvalue weighted by Crippen LogP contribution is 2.19. The van der Waals surface area contributed by atoms with Crippen molar-refractivity contribution in [3.8, 4) is 5.69 Å². The minimum absolute atomic E-state index is 0.240. The number of fused-ring (bicyclic) bond motifs is 1. The van der Waals surface area contributed by atoms with Gasteiger partial charge in [-0.2, -0.15) is 0 Å². The molecule has 0 saturated heterocycles. The summed E-state index contributed by atoms with van der Waals surface area (Å²) < 4.78 is 1.64. The van der Waals surface area contributed by atoms with E-state index in [9.17, 15) is 9.90 Å². The maximum absolute atomic E-state index is 11.2. The number of nitrogens with zero attached hydrogens (tertiary/aromatic N) is 3. The van der Waals surface area contributed by atoms with Crippen LogP contribution >= 0.6 is 0 Å². The smallest absolute Gasteiger partial charge is 0.337 e. The number of nitrogens with one attached hydrogen (secondary N) is 1. The number of para-hydroxylation sites is 1. The summed E-state index contributed by atoms with van der Waals surface area (Å²) in [6.45, 7) is 1.54. The lowest BCUT2D eigenvalue weighted by atomic mass is 10.1. The Labute approximate surface area is 103 Å². The number of hydrogen-bond acceptors (Lipinski definition) is 4. The van der Waals surface area contributed by atoms with Crippen LogP contribution in [0.3, 0.4) is 0 Å². The Morgan fingerprint density at radius 2 is 2.22 bits per heavy atom. The molecule has 92 valence electrons. The van der Waals surface area contributed by atoms with E-state index in [1.54, 1.807) is 28.9 Å². The predicted molar refractivity (Wildman–Crippen MR) is 63.7 cm³/mol. The fraction of sp³-hybridized carbons (Fsp3) is 0.250. The van der Waals surface area contributed by atoms with Crippen molar-refractivity contribution in [1.82, 2.24) is 20.3 Å². The zero-order chi connectivity index (χ0) is 12.5. The molecule has 1 aliphatic heterocycles. The van der Waals surface area contributed by atoms with Crippen LogP contribution < -0.4 is 5.32 Å². The molecule has 0 bridgehead atoms. The largest absolute Gasteiger partial charge is 0.478 e. The van der Waals surface area contributed by atoms with Gasteiger partial charge in [0.05, 0.1) is 16.9 Å². The molecule has 0 saturated carbocycles. The first-order valence-corrected chi connectivity index (χ1v) is 5.74. The van der Waals surface area contributed by atoms with Gasteiger partial charge in [0.1, 0.15) is 5.69 Å². The van der Waals surface area contributed by atoms with Crippen LogP contribution in [0, 0.1) is 0 Å². The summed E-state index contributed by atoms with van der Waals surface area (Å²) in [6, 6.07) is 6.84. The summed E-state index contributed by atoms with van der Waals surface area (Å²) in [5, 5.41) is 20.6. The highest BCUT2D eigenvalue weighted by atomic mass is 16.4. The molecular formula is C12H12N4O2. The van der Waals surface area contributed by atoms with E-state index in [1.165, 1.54) is 0 Å². The highest BCUT2D eigenvalue weighted by Gasteiger charge is 2.20. The summed E-state index contributed by atoms with van der Waals surface area (Å²) in [6.07, 6.45) is 0.802. The molecule has 0 amide bonds. The van der Waals surface area contributed by atoms with Crippen LogP contribution in [-0.2, 0) is 13.0 Å². The van der Waals surface area contributed by atoms with Crippen LogP contribution in [0.25, 0.3) is 5.69 Å². The van der Waals surface area contributed by atoms with Crippen molar-refractivity contribution in [2.45, 2.75) is 13.0 Å². The third-order valence-electron chi connectivity index (χ3n) is 3.04. The Kier molecular flexibility index (Phi) is 2.56. The van der Waals surface area contributed by atoms with Crippen LogP contribution in [0.4, 0.5) is 0 Å². The van der Waals surface area contributed by atoms with Crippen LogP contribution in [-0.4, -0.2) is 32.6 Å². The van der Waals surface area contributed by atoms with Gasteiger partial charge in [0, 0.05) is 19.5 Å². The number of aromatic carboxylic acids is 1. The molecule has 18 heavy (non-hydrogen) atoms. The van der Waals surface area contributed by atoms with Crippen molar-refractivity contribution in [2.24, 2.45) is 0 Å². The molecule has 1 aromatic carbocycles. The number of carbonyl (C=O) groups is 1. The van der Waals surface area contributed by atoms with E-state index in [4.69, 9.17) is 0 Å². The second kappa shape index (κ2) is 4.23. The van der Waals surface area contributed by atoms with Crippen molar-refractivity contribution < 1.29 is 9.90 Å². The lowest BCUT2D eigenvalue weighted by Gasteiger charge is -2.14. The number of carboxylic acid groups (broad SMARTS) is 1. The summed E-state index contributed by atoms with van der Waals surface area (Å²) in [5.74, 6) is -0.955. The van der Waals surface area contributed by atoms with Gasteiger partial charge < -0.3 is 10.4 Å². The molecule has 0 spiro atoms. The van der Waals surface area contributed by atoms with Gasteiger partial charge in [0.2, 0.25) is 0 Å². The molecule has 6 heteroatoms. The molecule has 2 aromatic rings. The Morgan fingerprint density at radius 3 is 3.06 bits per heavy atom. The van der Waals surface area contributed by atoms with Crippen molar-refractivity contribution in [1.29, 1.82) is 0 Å². The Balaban J connectivity index is 2.15. The zero-order valence-corrected chi connectivity index (χ0v) is 9.63. The normalized spacial score (nSPS) is 14.2. The summed E-state index contributed by atoms with van der Waals surface area (Å²) in [4.78, 5) is 11.2. The van der Waals surface area contributed by atoms with E-state index in [1.807, 2.05) is 0 Å². The Hall–Kier alpha value is -2.21. The van der Waals surface area contributed by atoms with E-state index in [2.05, 4.69) is 15.6 Å². The SMILES string of the molecule is O=C(O)c1ccccc1-n1nnc2c1CCNC2. The maximum atomic E-state index is 11.2. The lowest BCUT2D eigenvalue weighted by Crippen LogP contribution is -2.25. The van der Waals surface area contributed by atoms with Crippen molar-refractivity contribution in [3.63, 3.8) is 0 Å². The number of aromatic nitrogens is 3. The standard InChI is InChI=1S/C12H12N4O2/c17-12(18)8-3-1-2-4-10(8)16-11-5-6-13-7-9(11)14-15-16/h1-4,13H,5-7H2,(H,17,18). The van der Waals surface area contributed by atoms with Crippen LogP contribution in [0.1, 0.15) is 21.7 Å². The number of benzene rings is 1. The second-order valence-electron chi connectivity index (χ2n) is 4.14. The van der Waals surface area contributed by atoms with Gasteiger partial charge in [-0.3, -0.25) is 0 Å². The van der Waals surface area contributed by atoms with Gasteiger partial charge in [-0.25, -0.2) is 9.48 Å². The molecule has 6 nitrogen and oxygen atoms in total. The topological polar surface area (TPSA) is 80.0 Å².